The Balaban J connectivity index is 1.76. The van der Waals surface area contributed by atoms with Gasteiger partial charge in [0.2, 0.25) is 5.91 Å². The first-order valence-corrected chi connectivity index (χ1v) is 6.25. The molecule has 1 N–H and O–H groups in total. The van der Waals surface area contributed by atoms with Gasteiger partial charge in [-0.1, -0.05) is 0 Å². The van der Waals surface area contributed by atoms with Gasteiger partial charge in [-0.2, -0.15) is 0 Å². The second-order valence-corrected chi connectivity index (χ2v) is 4.93. The van der Waals surface area contributed by atoms with Gasteiger partial charge in [0.15, 0.2) is 0 Å². The Morgan fingerprint density at radius 2 is 2.18 bits per heavy atom. The lowest BCUT2D eigenvalue weighted by Crippen LogP contribution is -2.34. The number of hydrogen-bond donors (Lipinski definition) is 1. The highest BCUT2D eigenvalue weighted by Crippen LogP contribution is 2.24. The maximum Gasteiger partial charge on any atom is 0.303 e. The number of carboxylic acids is 1. The van der Waals surface area contributed by atoms with Crippen LogP contribution in [0.4, 0.5) is 0 Å². The van der Waals surface area contributed by atoms with Crippen LogP contribution in [0.25, 0.3) is 0 Å². The van der Waals surface area contributed by atoms with Crippen LogP contribution in [0, 0.1) is 11.8 Å². The number of carbonyl (C=O) groups excluding carboxylic acids is 1. The van der Waals surface area contributed by atoms with Crippen LogP contribution in [-0.2, 0) is 14.3 Å². The summed E-state index contributed by atoms with van der Waals surface area (Å²) in [6.07, 6.45) is 2.65. The molecule has 2 rings (SSSR count). The van der Waals surface area contributed by atoms with Crippen molar-refractivity contribution in [3.8, 4) is 0 Å². The van der Waals surface area contributed by atoms with Crippen LogP contribution in [0.1, 0.15) is 25.7 Å². The molecule has 5 nitrogen and oxygen atoms in total. The minimum absolute atomic E-state index is 0.0354. The molecule has 2 aliphatic rings. The van der Waals surface area contributed by atoms with Gasteiger partial charge in [0.1, 0.15) is 0 Å². The third-order valence-corrected chi connectivity index (χ3v) is 3.64. The maximum atomic E-state index is 12.1. The quantitative estimate of drug-likeness (QED) is 0.788. The van der Waals surface area contributed by atoms with E-state index in [4.69, 9.17) is 9.84 Å². The molecule has 0 saturated carbocycles. The van der Waals surface area contributed by atoms with Crippen molar-refractivity contribution >= 4 is 11.9 Å². The van der Waals surface area contributed by atoms with E-state index in [0.717, 1.165) is 25.9 Å². The Labute approximate surface area is 101 Å². The lowest BCUT2D eigenvalue weighted by molar-refractivity contribution is -0.137. The molecule has 96 valence electrons. The lowest BCUT2D eigenvalue weighted by atomic mass is 10.0. The molecule has 2 fully saturated rings. The van der Waals surface area contributed by atoms with Gasteiger partial charge in [0.25, 0.3) is 0 Å². The average molecular weight is 241 g/mol. The Bertz CT molecular complexity index is 299. The summed E-state index contributed by atoms with van der Waals surface area (Å²) < 4.78 is 5.22. The fourth-order valence-electron chi connectivity index (χ4n) is 2.58. The molecule has 2 aliphatic heterocycles. The normalized spacial score (nSPS) is 28.6. The van der Waals surface area contributed by atoms with Crippen molar-refractivity contribution in [2.75, 3.05) is 26.3 Å². The van der Waals surface area contributed by atoms with Crippen molar-refractivity contribution in [1.29, 1.82) is 0 Å². The van der Waals surface area contributed by atoms with E-state index in [-0.39, 0.29) is 18.2 Å². The van der Waals surface area contributed by atoms with Crippen molar-refractivity contribution in [2.24, 2.45) is 11.8 Å². The van der Waals surface area contributed by atoms with E-state index in [9.17, 15) is 9.59 Å². The van der Waals surface area contributed by atoms with Crippen LogP contribution >= 0.6 is 0 Å². The highest BCUT2D eigenvalue weighted by Gasteiger charge is 2.32. The molecule has 0 aliphatic carbocycles. The van der Waals surface area contributed by atoms with Gasteiger partial charge in [-0.05, 0) is 25.2 Å². The summed E-state index contributed by atoms with van der Waals surface area (Å²) in [5.41, 5.74) is 0. The van der Waals surface area contributed by atoms with E-state index in [0.29, 0.717) is 25.6 Å². The number of rotatable bonds is 4. The SMILES string of the molecule is O=C(O)CCC1CCN(C(=O)C2CCOC2)C1. The van der Waals surface area contributed by atoms with Gasteiger partial charge in [-0.25, -0.2) is 0 Å². The molecule has 0 aromatic heterocycles. The Morgan fingerprint density at radius 1 is 1.35 bits per heavy atom. The Kier molecular flexibility index (Phi) is 3.99. The second-order valence-electron chi connectivity index (χ2n) is 4.93. The third-order valence-electron chi connectivity index (χ3n) is 3.64. The Hall–Kier alpha value is -1.10. The van der Waals surface area contributed by atoms with Gasteiger partial charge in [0, 0.05) is 26.1 Å². The van der Waals surface area contributed by atoms with Crippen LogP contribution in [-0.4, -0.2) is 48.2 Å². The summed E-state index contributed by atoms with van der Waals surface area (Å²) in [6, 6.07) is 0. The molecule has 2 atom stereocenters. The number of aliphatic carboxylic acids is 1. The molecular formula is C12H19NO4. The van der Waals surface area contributed by atoms with E-state index in [2.05, 4.69) is 0 Å². The van der Waals surface area contributed by atoms with Crippen LogP contribution < -0.4 is 0 Å². The zero-order valence-electron chi connectivity index (χ0n) is 9.93. The second kappa shape index (κ2) is 5.49. The molecule has 0 spiro atoms. The van der Waals surface area contributed by atoms with Gasteiger partial charge >= 0.3 is 5.97 Å². The van der Waals surface area contributed by atoms with Crippen molar-refractivity contribution in [1.82, 2.24) is 4.90 Å². The smallest absolute Gasteiger partial charge is 0.303 e. The molecule has 0 aromatic rings. The van der Waals surface area contributed by atoms with Gasteiger partial charge < -0.3 is 14.7 Å². The minimum atomic E-state index is -0.751. The standard InChI is InChI=1S/C12H19NO4/c14-11(15)2-1-9-3-5-13(7-9)12(16)10-4-6-17-8-10/h9-10H,1-8H2,(H,14,15). The zero-order valence-corrected chi connectivity index (χ0v) is 9.93. The van der Waals surface area contributed by atoms with Crippen LogP contribution in [0.2, 0.25) is 0 Å². The minimum Gasteiger partial charge on any atom is -0.481 e. The molecular weight excluding hydrogens is 222 g/mol. The number of ether oxygens (including phenoxy) is 1. The summed E-state index contributed by atoms with van der Waals surface area (Å²) in [5, 5.41) is 8.62. The van der Waals surface area contributed by atoms with Crippen molar-refractivity contribution in [3.05, 3.63) is 0 Å². The number of carbonyl (C=O) groups is 2. The number of likely N-dealkylation sites (tertiary alicyclic amines) is 1. The largest absolute Gasteiger partial charge is 0.481 e. The van der Waals surface area contributed by atoms with Crippen molar-refractivity contribution in [3.63, 3.8) is 0 Å². The first kappa shape index (κ1) is 12.4. The Morgan fingerprint density at radius 3 is 2.82 bits per heavy atom. The van der Waals surface area contributed by atoms with E-state index < -0.39 is 5.97 Å². The van der Waals surface area contributed by atoms with Gasteiger partial charge in [-0.15, -0.1) is 0 Å². The molecule has 0 bridgehead atoms. The third kappa shape index (κ3) is 3.19. The summed E-state index contributed by atoms with van der Waals surface area (Å²) in [4.78, 5) is 24.4. The predicted octanol–water partition coefficient (Wildman–Crippen LogP) is 0.736. The van der Waals surface area contributed by atoms with E-state index >= 15 is 0 Å². The number of carboxylic acid groups (broad SMARTS) is 1. The lowest BCUT2D eigenvalue weighted by Gasteiger charge is -2.19. The maximum absolute atomic E-state index is 12.1. The number of hydrogen-bond acceptors (Lipinski definition) is 3. The molecule has 2 heterocycles. The summed E-state index contributed by atoms with van der Waals surface area (Å²) in [5.74, 6) is -0.162. The van der Waals surface area contributed by atoms with Gasteiger partial charge in [0.05, 0.1) is 12.5 Å². The number of nitrogens with zero attached hydrogens (tertiary/aromatic N) is 1. The van der Waals surface area contributed by atoms with Crippen LogP contribution in [0.15, 0.2) is 0 Å². The molecule has 0 aromatic carbocycles. The zero-order chi connectivity index (χ0) is 12.3. The molecule has 0 radical (unpaired) electrons. The van der Waals surface area contributed by atoms with Gasteiger partial charge in [-0.3, -0.25) is 9.59 Å². The highest BCUT2D eigenvalue weighted by atomic mass is 16.5. The van der Waals surface area contributed by atoms with Crippen LogP contribution in [0.3, 0.4) is 0 Å². The fourth-order valence-corrected chi connectivity index (χ4v) is 2.58. The molecule has 2 unspecified atom stereocenters. The summed E-state index contributed by atoms with van der Waals surface area (Å²) in [6.45, 7) is 2.74. The first-order chi connectivity index (χ1) is 8.16. The highest BCUT2D eigenvalue weighted by molar-refractivity contribution is 5.79. The molecule has 2 saturated heterocycles. The summed E-state index contributed by atoms with van der Waals surface area (Å²) >= 11 is 0. The van der Waals surface area contributed by atoms with E-state index in [1.165, 1.54) is 0 Å². The summed E-state index contributed by atoms with van der Waals surface area (Å²) in [7, 11) is 0. The predicted molar refractivity (Wildman–Crippen MR) is 60.5 cm³/mol. The average Bonchev–Trinajstić information content (AvgIpc) is 2.97. The van der Waals surface area contributed by atoms with E-state index in [1.807, 2.05) is 4.90 Å². The number of amides is 1. The van der Waals surface area contributed by atoms with E-state index in [1.54, 1.807) is 0 Å². The van der Waals surface area contributed by atoms with Crippen molar-refractivity contribution in [2.45, 2.75) is 25.7 Å². The monoisotopic (exact) mass is 241 g/mol. The van der Waals surface area contributed by atoms with Crippen LogP contribution in [0.5, 0.6) is 0 Å². The topological polar surface area (TPSA) is 66.8 Å². The molecule has 17 heavy (non-hydrogen) atoms. The van der Waals surface area contributed by atoms with Crippen molar-refractivity contribution < 1.29 is 19.4 Å². The molecule has 5 heteroatoms. The first-order valence-electron chi connectivity index (χ1n) is 6.25. The fraction of sp³-hybridized carbons (Fsp3) is 0.833. The molecule has 1 amide bonds.